The number of nitrogens with one attached hydrogen (secondary N) is 1. The molecular weight excluding hydrogens is 388 g/mol. The zero-order chi connectivity index (χ0) is 20.4. The molecule has 2 aromatic carbocycles. The van der Waals surface area contributed by atoms with E-state index in [1.54, 1.807) is 22.5 Å². The Kier molecular flexibility index (Phi) is 5.61. The van der Waals surface area contributed by atoms with Crippen LogP contribution < -0.4 is 10.1 Å². The fourth-order valence-electron chi connectivity index (χ4n) is 4.10. The van der Waals surface area contributed by atoms with Crippen LogP contribution in [0.4, 0.5) is 0 Å². The van der Waals surface area contributed by atoms with Crippen molar-refractivity contribution in [1.82, 2.24) is 9.62 Å². The van der Waals surface area contributed by atoms with E-state index in [0.29, 0.717) is 25.1 Å². The van der Waals surface area contributed by atoms with E-state index in [-0.39, 0.29) is 22.9 Å². The van der Waals surface area contributed by atoms with Crippen LogP contribution in [0, 0.1) is 0 Å². The zero-order valence-electron chi connectivity index (χ0n) is 16.5. The predicted octanol–water partition coefficient (Wildman–Crippen LogP) is 3.50. The molecule has 154 valence electrons. The second-order valence-corrected chi connectivity index (χ2v) is 9.58. The van der Waals surface area contributed by atoms with Gasteiger partial charge in [0.2, 0.25) is 10.0 Å². The van der Waals surface area contributed by atoms with Gasteiger partial charge in [0.15, 0.2) is 0 Å². The van der Waals surface area contributed by atoms with Crippen LogP contribution >= 0.6 is 0 Å². The van der Waals surface area contributed by atoms with E-state index in [0.717, 1.165) is 30.6 Å². The summed E-state index contributed by atoms with van der Waals surface area (Å²) in [5.74, 6) is 0.495. The van der Waals surface area contributed by atoms with E-state index < -0.39 is 10.0 Å². The number of piperidine rings is 1. The first-order valence-electron chi connectivity index (χ1n) is 10.1. The molecule has 1 saturated heterocycles. The number of carbonyl (C=O) groups excluding carboxylic acids is 1. The minimum atomic E-state index is -3.62. The molecule has 0 spiro atoms. The maximum atomic E-state index is 13.1. The molecule has 0 aromatic heterocycles. The molecule has 6 nitrogen and oxygen atoms in total. The maximum absolute atomic E-state index is 13.1. The van der Waals surface area contributed by atoms with E-state index in [4.69, 9.17) is 4.74 Å². The maximum Gasteiger partial charge on any atom is 0.251 e. The van der Waals surface area contributed by atoms with Crippen LogP contribution in [-0.4, -0.2) is 37.8 Å². The number of rotatable bonds is 4. The number of benzene rings is 2. The first-order chi connectivity index (χ1) is 14.0. The molecule has 1 fully saturated rings. The Labute approximate surface area is 171 Å². The van der Waals surface area contributed by atoms with Gasteiger partial charge in [-0.1, -0.05) is 30.7 Å². The Bertz CT molecular complexity index is 1010. The van der Waals surface area contributed by atoms with Gasteiger partial charge in [0, 0.05) is 30.1 Å². The third-order valence-electron chi connectivity index (χ3n) is 5.71. The summed E-state index contributed by atoms with van der Waals surface area (Å²) in [5, 5.41) is 3.03. The number of para-hydroxylation sites is 1. The standard InChI is InChI=1S/C22H26N2O4S/c1-16-7-4-5-13-24(16)29(26,27)18-9-6-8-17(15-18)22(25)23-20-12-14-28-21-11-3-2-10-19(20)21/h2-3,6,8-11,15-16,20H,4-5,7,12-14H2,1H3,(H,23,25)/t16-,20+/m0/s1. The zero-order valence-corrected chi connectivity index (χ0v) is 17.3. The van der Waals surface area contributed by atoms with Gasteiger partial charge < -0.3 is 10.1 Å². The van der Waals surface area contributed by atoms with Crippen molar-refractivity contribution in [2.75, 3.05) is 13.2 Å². The Morgan fingerprint density at radius 3 is 2.76 bits per heavy atom. The number of ether oxygens (including phenoxy) is 1. The quantitative estimate of drug-likeness (QED) is 0.831. The SMILES string of the molecule is C[C@H]1CCCCN1S(=O)(=O)c1cccc(C(=O)N[C@@H]2CCOc3ccccc32)c1. The van der Waals surface area contributed by atoms with Crippen LogP contribution in [0.25, 0.3) is 0 Å². The number of amides is 1. The van der Waals surface area contributed by atoms with Gasteiger partial charge in [-0.2, -0.15) is 4.31 Å². The Morgan fingerprint density at radius 1 is 1.10 bits per heavy atom. The summed E-state index contributed by atoms with van der Waals surface area (Å²) in [5.41, 5.74) is 1.29. The topological polar surface area (TPSA) is 75.7 Å². The van der Waals surface area contributed by atoms with Crippen molar-refractivity contribution >= 4 is 15.9 Å². The Hall–Kier alpha value is -2.38. The van der Waals surface area contributed by atoms with Crippen LogP contribution in [0.2, 0.25) is 0 Å². The number of nitrogens with zero attached hydrogens (tertiary/aromatic N) is 1. The molecule has 2 atom stereocenters. The molecule has 2 aliphatic heterocycles. The predicted molar refractivity (Wildman–Crippen MR) is 110 cm³/mol. The molecule has 0 saturated carbocycles. The highest BCUT2D eigenvalue weighted by molar-refractivity contribution is 7.89. The lowest BCUT2D eigenvalue weighted by Gasteiger charge is -2.32. The van der Waals surface area contributed by atoms with Crippen molar-refractivity contribution in [2.45, 2.75) is 49.6 Å². The molecule has 0 radical (unpaired) electrons. The molecule has 1 N–H and O–H groups in total. The Morgan fingerprint density at radius 2 is 1.93 bits per heavy atom. The average molecular weight is 415 g/mol. The van der Waals surface area contributed by atoms with E-state index in [9.17, 15) is 13.2 Å². The molecule has 2 aliphatic rings. The monoisotopic (exact) mass is 414 g/mol. The molecule has 2 aromatic rings. The average Bonchev–Trinajstić information content (AvgIpc) is 2.74. The van der Waals surface area contributed by atoms with Crippen molar-refractivity contribution in [2.24, 2.45) is 0 Å². The second kappa shape index (κ2) is 8.16. The molecule has 4 rings (SSSR count). The summed E-state index contributed by atoms with van der Waals surface area (Å²) in [4.78, 5) is 13.1. The first kappa shape index (κ1) is 19.9. The highest BCUT2D eigenvalue weighted by Gasteiger charge is 2.31. The highest BCUT2D eigenvalue weighted by Crippen LogP contribution is 2.32. The van der Waals surface area contributed by atoms with Gasteiger partial charge in [-0.05, 0) is 44.0 Å². The van der Waals surface area contributed by atoms with E-state index >= 15 is 0 Å². The summed E-state index contributed by atoms with van der Waals surface area (Å²) in [6.07, 6.45) is 3.45. The number of sulfonamides is 1. The summed E-state index contributed by atoms with van der Waals surface area (Å²) in [6.45, 7) is 3.00. The summed E-state index contributed by atoms with van der Waals surface area (Å²) in [6, 6.07) is 13.8. The first-order valence-corrected chi connectivity index (χ1v) is 11.6. The van der Waals surface area contributed by atoms with Gasteiger partial charge in [0.1, 0.15) is 5.75 Å². The summed E-state index contributed by atoms with van der Waals surface area (Å²) < 4.78 is 33.4. The lowest BCUT2D eigenvalue weighted by molar-refractivity contribution is 0.0924. The second-order valence-electron chi connectivity index (χ2n) is 7.69. The van der Waals surface area contributed by atoms with Gasteiger partial charge >= 0.3 is 0 Å². The van der Waals surface area contributed by atoms with Crippen LogP contribution in [0.3, 0.4) is 0 Å². The van der Waals surface area contributed by atoms with Gasteiger partial charge in [0.25, 0.3) is 5.91 Å². The molecule has 29 heavy (non-hydrogen) atoms. The minimum absolute atomic E-state index is 0.0232. The van der Waals surface area contributed by atoms with E-state index in [1.807, 2.05) is 31.2 Å². The van der Waals surface area contributed by atoms with Crippen molar-refractivity contribution in [3.8, 4) is 5.75 Å². The van der Waals surface area contributed by atoms with Crippen molar-refractivity contribution in [1.29, 1.82) is 0 Å². The molecule has 0 unspecified atom stereocenters. The molecule has 0 bridgehead atoms. The Balaban J connectivity index is 1.55. The van der Waals surface area contributed by atoms with Crippen LogP contribution in [0.5, 0.6) is 5.75 Å². The van der Waals surface area contributed by atoms with Gasteiger partial charge in [-0.15, -0.1) is 0 Å². The molecular formula is C22H26N2O4S. The number of carbonyl (C=O) groups is 1. The van der Waals surface area contributed by atoms with Gasteiger partial charge in [-0.25, -0.2) is 8.42 Å². The fraction of sp³-hybridized carbons (Fsp3) is 0.409. The fourth-order valence-corrected chi connectivity index (χ4v) is 5.84. The normalized spacial score (nSPS) is 22.4. The number of hydrogen-bond acceptors (Lipinski definition) is 4. The van der Waals surface area contributed by atoms with Crippen molar-refractivity contribution in [3.05, 3.63) is 59.7 Å². The lowest BCUT2D eigenvalue weighted by Crippen LogP contribution is -2.42. The highest BCUT2D eigenvalue weighted by atomic mass is 32.2. The minimum Gasteiger partial charge on any atom is -0.493 e. The van der Waals surface area contributed by atoms with Crippen molar-refractivity contribution < 1.29 is 17.9 Å². The lowest BCUT2D eigenvalue weighted by atomic mass is 10.00. The van der Waals surface area contributed by atoms with Crippen LogP contribution in [0.1, 0.15) is 54.6 Å². The third-order valence-corrected chi connectivity index (χ3v) is 7.72. The molecule has 7 heteroatoms. The third kappa shape index (κ3) is 4.02. The van der Waals surface area contributed by atoms with Crippen LogP contribution in [0.15, 0.2) is 53.4 Å². The largest absolute Gasteiger partial charge is 0.493 e. The summed E-state index contributed by atoms with van der Waals surface area (Å²) >= 11 is 0. The van der Waals surface area contributed by atoms with Crippen molar-refractivity contribution in [3.63, 3.8) is 0 Å². The van der Waals surface area contributed by atoms with E-state index in [2.05, 4.69) is 5.32 Å². The van der Waals surface area contributed by atoms with E-state index in [1.165, 1.54) is 6.07 Å². The molecule has 0 aliphatic carbocycles. The number of hydrogen-bond donors (Lipinski definition) is 1. The van der Waals surface area contributed by atoms with Crippen LogP contribution in [-0.2, 0) is 10.0 Å². The molecule has 2 heterocycles. The van der Waals surface area contributed by atoms with Gasteiger partial charge in [-0.3, -0.25) is 4.79 Å². The summed E-state index contributed by atoms with van der Waals surface area (Å²) in [7, 11) is -3.62. The van der Waals surface area contributed by atoms with Gasteiger partial charge in [0.05, 0.1) is 17.5 Å². The molecule has 1 amide bonds. The smallest absolute Gasteiger partial charge is 0.251 e. The number of fused-ring (bicyclic) bond motifs is 1.